The number of para-hydroxylation sites is 2. The zero-order chi connectivity index (χ0) is 20.4. The van der Waals surface area contributed by atoms with Gasteiger partial charge in [-0.25, -0.2) is 4.99 Å². The second kappa shape index (κ2) is 7.47. The van der Waals surface area contributed by atoms with E-state index in [4.69, 9.17) is 15.5 Å². The van der Waals surface area contributed by atoms with Gasteiger partial charge in [-0.15, -0.1) is 0 Å². The summed E-state index contributed by atoms with van der Waals surface area (Å²) in [4.78, 5) is 6.61. The smallest absolute Gasteiger partial charge is 0.196 e. The minimum Gasteiger partial charge on any atom is -0.457 e. The molecule has 0 radical (unpaired) electrons. The van der Waals surface area contributed by atoms with Gasteiger partial charge in [-0.1, -0.05) is 61.2 Å². The average molecular weight is 383 g/mol. The lowest BCUT2D eigenvalue weighted by Gasteiger charge is -2.36. The average Bonchev–Trinajstić information content (AvgIpc) is 2.73. The number of hydrogen-bond donors (Lipinski definition) is 1. The summed E-state index contributed by atoms with van der Waals surface area (Å²) in [6.07, 6.45) is 0.718. The van der Waals surface area contributed by atoms with Crippen molar-refractivity contribution >= 4 is 5.96 Å². The Morgan fingerprint density at radius 1 is 1.00 bits per heavy atom. The van der Waals surface area contributed by atoms with Gasteiger partial charge >= 0.3 is 0 Å². The van der Waals surface area contributed by atoms with E-state index in [0.717, 1.165) is 40.3 Å². The van der Waals surface area contributed by atoms with Crippen LogP contribution in [0.1, 0.15) is 18.9 Å². The van der Waals surface area contributed by atoms with Gasteiger partial charge in [-0.2, -0.15) is 0 Å². The van der Waals surface area contributed by atoms with Crippen molar-refractivity contribution in [1.29, 1.82) is 0 Å². The standard InChI is InChI=1S/C25H25N3O/c1-18-17-25(2,27-24(26)28(18)3)20-11-9-10-19(16-20)22-14-7-8-15-23(22)29-21-12-5-4-6-13-21/h4-16H,1,17H2,2-3H3,(H2,26,27). The van der Waals surface area contributed by atoms with Gasteiger partial charge in [0.05, 0.1) is 5.54 Å². The molecule has 4 nitrogen and oxygen atoms in total. The van der Waals surface area contributed by atoms with Crippen LogP contribution in [-0.2, 0) is 5.54 Å². The molecule has 1 unspecified atom stereocenters. The lowest BCUT2D eigenvalue weighted by Crippen LogP contribution is -2.42. The molecule has 1 aliphatic rings. The topological polar surface area (TPSA) is 50.9 Å². The highest BCUT2D eigenvalue weighted by Gasteiger charge is 2.33. The molecule has 1 heterocycles. The van der Waals surface area contributed by atoms with Crippen molar-refractivity contribution in [3.63, 3.8) is 0 Å². The highest BCUT2D eigenvalue weighted by Crippen LogP contribution is 2.39. The molecule has 0 aliphatic carbocycles. The van der Waals surface area contributed by atoms with Crippen LogP contribution in [0.4, 0.5) is 0 Å². The van der Waals surface area contributed by atoms with E-state index >= 15 is 0 Å². The molecule has 0 saturated heterocycles. The van der Waals surface area contributed by atoms with Crippen LogP contribution in [-0.4, -0.2) is 17.9 Å². The van der Waals surface area contributed by atoms with Crippen LogP contribution >= 0.6 is 0 Å². The van der Waals surface area contributed by atoms with Crippen LogP contribution in [0, 0.1) is 0 Å². The molecule has 2 N–H and O–H groups in total. The van der Waals surface area contributed by atoms with Crippen LogP contribution in [0.2, 0.25) is 0 Å². The van der Waals surface area contributed by atoms with Gasteiger partial charge in [-0.05, 0) is 42.3 Å². The maximum atomic E-state index is 6.15. The minimum atomic E-state index is -0.446. The highest BCUT2D eigenvalue weighted by molar-refractivity contribution is 5.81. The molecule has 146 valence electrons. The Balaban J connectivity index is 1.73. The lowest BCUT2D eigenvalue weighted by molar-refractivity contribution is 0.400. The Bertz CT molecular complexity index is 1070. The van der Waals surface area contributed by atoms with Gasteiger partial charge < -0.3 is 15.4 Å². The fraction of sp³-hybridized carbons (Fsp3) is 0.160. The molecule has 0 aromatic heterocycles. The van der Waals surface area contributed by atoms with E-state index in [1.807, 2.05) is 60.5 Å². The monoisotopic (exact) mass is 383 g/mol. The Hall–Kier alpha value is -3.53. The number of nitrogens with zero attached hydrogens (tertiary/aromatic N) is 2. The Labute approximate surface area is 172 Å². The first-order chi connectivity index (χ1) is 14.0. The molecule has 0 fully saturated rings. The van der Waals surface area contributed by atoms with Gasteiger partial charge in [0, 0.05) is 24.7 Å². The quantitative estimate of drug-likeness (QED) is 0.645. The maximum absolute atomic E-state index is 6.15. The molecule has 3 aromatic carbocycles. The van der Waals surface area contributed by atoms with E-state index in [1.54, 1.807) is 0 Å². The van der Waals surface area contributed by atoms with Crippen LogP contribution in [0.15, 0.2) is 96.1 Å². The largest absolute Gasteiger partial charge is 0.457 e. The SMILES string of the molecule is C=C1CC(C)(c2cccc(-c3ccccc3Oc3ccccc3)c2)N=C(N)N1C. The minimum absolute atomic E-state index is 0.446. The van der Waals surface area contributed by atoms with E-state index in [-0.39, 0.29) is 0 Å². The van der Waals surface area contributed by atoms with E-state index in [0.29, 0.717) is 5.96 Å². The Morgan fingerprint density at radius 3 is 2.48 bits per heavy atom. The van der Waals surface area contributed by atoms with Crippen molar-refractivity contribution in [2.45, 2.75) is 18.9 Å². The first-order valence-electron chi connectivity index (χ1n) is 9.66. The molecule has 0 bridgehead atoms. The summed E-state index contributed by atoms with van der Waals surface area (Å²) in [5.74, 6) is 2.12. The number of guanidine groups is 1. The van der Waals surface area contributed by atoms with Crippen LogP contribution in [0.5, 0.6) is 11.5 Å². The second-order valence-corrected chi connectivity index (χ2v) is 7.54. The molecule has 1 aliphatic heterocycles. The molecule has 0 amide bonds. The molecule has 4 rings (SSSR count). The summed E-state index contributed by atoms with van der Waals surface area (Å²) in [5.41, 5.74) is 9.86. The molecular weight excluding hydrogens is 358 g/mol. The van der Waals surface area contributed by atoms with Gasteiger partial charge in [0.2, 0.25) is 0 Å². The van der Waals surface area contributed by atoms with Crippen molar-refractivity contribution in [3.05, 3.63) is 96.7 Å². The summed E-state index contributed by atoms with van der Waals surface area (Å²) in [6.45, 7) is 6.25. The lowest BCUT2D eigenvalue weighted by atomic mass is 9.85. The van der Waals surface area contributed by atoms with Gasteiger partial charge in [-0.3, -0.25) is 0 Å². The van der Waals surface area contributed by atoms with Crippen molar-refractivity contribution in [1.82, 2.24) is 4.90 Å². The number of rotatable bonds is 4. The molecule has 0 saturated carbocycles. The summed E-state index contributed by atoms with van der Waals surface area (Å²) in [6, 6.07) is 26.3. The highest BCUT2D eigenvalue weighted by atomic mass is 16.5. The van der Waals surface area contributed by atoms with Crippen molar-refractivity contribution < 1.29 is 4.74 Å². The zero-order valence-corrected chi connectivity index (χ0v) is 16.8. The van der Waals surface area contributed by atoms with Crippen molar-refractivity contribution in [3.8, 4) is 22.6 Å². The number of benzene rings is 3. The maximum Gasteiger partial charge on any atom is 0.196 e. The molecule has 29 heavy (non-hydrogen) atoms. The van der Waals surface area contributed by atoms with Crippen molar-refractivity contribution in [2.75, 3.05) is 7.05 Å². The number of hydrogen-bond acceptors (Lipinski definition) is 4. The van der Waals surface area contributed by atoms with Gasteiger partial charge in [0.1, 0.15) is 11.5 Å². The Kier molecular flexibility index (Phi) is 4.85. The normalized spacial score (nSPS) is 19.0. The second-order valence-electron chi connectivity index (χ2n) is 7.54. The molecule has 1 atom stereocenters. The molecule has 3 aromatic rings. The van der Waals surface area contributed by atoms with Crippen LogP contribution in [0.3, 0.4) is 0 Å². The third-order valence-electron chi connectivity index (χ3n) is 5.38. The first kappa shape index (κ1) is 18.8. The Morgan fingerprint density at radius 2 is 1.72 bits per heavy atom. The van der Waals surface area contributed by atoms with Gasteiger partial charge in [0.25, 0.3) is 0 Å². The molecule has 0 spiro atoms. The van der Waals surface area contributed by atoms with Gasteiger partial charge in [0.15, 0.2) is 5.96 Å². The summed E-state index contributed by atoms with van der Waals surface area (Å²) in [5, 5.41) is 0. The predicted molar refractivity (Wildman–Crippen MR) is 119 cm³/mol. The molecule has 4 heteroatoms. The zero-order valence-electron chi connectivity index (χ0n) is 16.8. The number of ether oxygens (including phenoxy) is 1. The van der Waals surface area contributed by atoms with Crippen molar-refractivity contribution in [2.24, 2.45) is 10.7 Å². The summed E-state index contributed by atoms with van der Waals surface area (Å²) < 4.78 is 6.15. The fourth-order valence-electron chi connectivity index (χ4n) is 3.64. The third-order valence-corrected chi connectivity index (χ3v) is 5.38. The fourth-order valence-corrected chi connectivity index (χ4v) is 3.64. The summed E-state index contributed by atoms with van der Waals surface area (Å²) >= 11 is 0. The van der Waals surface area contributed by atoms with Crippen LogP contribution in [0.25, 0.3) is 11.1 Å². The van der Waals surface area contributed by atoms with E-state index in [9.17, 15) is 0 Å². The first-order valence-corrected chi connectivity index (χ1v) is 9.66. The van der Waals surface area contributed by atoms with E-state index in [2.05, 4.69) is 43.8 Å². The number of nitrogens with two attached hydrogens (primary N) is 1. The number of aliphatic imine (C=N–C) groups is 1. The molecular formula is C25H25N3O. The van der Waals surface area contributed by atoms with Crippen LogP contribution < -0.4 is 10.5 Å². The third kappa shape index (κ3) is 3.74. The predicted octanol–water partition coefficient (Wildman–Crippen LogP) is 5.53. The van der Waals surface area contributed by atoms with E-state index in [1.165, 1.54) is 0 Å². The van der Waals surface area contributed by atoms with E-state index < -0.39 is 5.54 Å². The summed E-state index contributed by atoms with van der Waals surface area (Å²) in [7, 11) is 1.90.